The number of ether oxygens (including phenoxy) is 3. The van der Waals surface area contributed by atoms with E-state index in [0.717, 1.165) is 16.8 Å². The predicted octanol–water partition coefficient (Wildman–Crippen LogP) is 5.80. The first-order chi connectivity index (χ1) is 17.4. The lowest BCUT2D eigenvalue weighted by Crippen LogP contribution is -2.36. The highest BCUT2D eigenvalue weighted by Crippen LogP contribution is 2.47. The smallest absolute Gasteiger partial charge is 0.337 e. The van der Waals surface area contributed by atoms with Gasteiger partial charge >= 0.3 is 5.97 Å². The van der Waals surface area contributed by atoms with Crippen LogP contribution in [-0.2, 0) is 14.3 Å². The maximum absolute atomic E-state index is 13.7. The van der Waals surface area contributed by atoms with Crippen molar-refractivity contribution in [1.29, 1.82) is 0 Å². The molecule has 36 heavy (non-hydrogen) atoms. The third-order valence-electron chi connectivity index (χ3n) is 7.02. The van der Waals surface area contributed by atoms with E-state index < -0.39 is 11.9 Å². The lowest BCUT2D eigenvalue weighted by atomic mass is 9.71. The minimum Gasteiger partial charge on any atom is -0.493 e. The van der Waals surface area contributed by atoms with Crippen LogP contribution in [0.2, 0.25) is 0 Å². The molecule has 1 heterocycles. The number of dihydropyridines is 1. The summed E-state index contributed by atoms with van der Waals surface area (Å²) in [7, 11) is 1.59. The highest BCUT2D eigenvalue weighted by atomic mass is 16.5. The second-order valence-corrected chi connectivity index (χ2v) is 9.40. The SMILES string of the molecule is CCOc1ccc([C@H]2C(C(=O)O[C@@H](C)CC)=C(C)NC3=C2C(=O)C[C@@H](c2ccccc2)C3)cc1OC. The normalized spacial score (nSPS) is 20.4. The van der Waals surface area contributed by atoms with Gasteiger partial charge in [-0.1, -0.05) is 43.3 Å². The lowest BCUT2D eigenvalue weighted by Gasteiger charge is -2.37. The van der Waals surface area contributed by atoms with Gasteiger partial charge in [0.25, 0.3) is 0 Å². The Bertz CT molecular complexity index is 1200. The number of Topliss-reactive ketones (excluding diaryl/α,β-unsaturated/α-hetero) is 1. The first kappa shape index (κ1) is 25.5. The molecule has 6 nitrogen and oxygen atoms in total. The number of rotatable bonds is 8. The zero-order valence-electron chi connectivity index (χ0n) is 21.7. The quantitative estimate of drug-likeness (QED) is 0.473. The summed E-state index contributed by atoms with van der Waals surface area (Å²) in [5.41, 5.74) is 4.62. The summed E-state index contributed by atoms with van der Waals surface area (Å²) < 4.78 is 17.1. The van der Waals surface area contributed by atoms with E-state index in [0.29, 0.717) is 54.2 Å². The van der Waals surface area contributed by atoms with Gasteiger partial charge in [0.2, 0.25) is 0 Å². The number of ketones is 1. The van der Waals surface area contributed by atoms with Crippen molar-refractivity contribution in [3.63, 3.8) is 0 Å². The van der Waals surface area contributed by atoms with E-state index >= 15 is 0 Å². The number of benzene rings is 2. The van der Waals surface area contributed by atoms with E-state index in [2.05, 4.69) is 17.4 Å². The maximum Gasteiger partial charge on any atom is 0.337 e. The molecule has 0 spiro atoms. The molecule has 0 radical (unpaired) electrons. The minimum absolute atomic E-state index is 0.0387. The standard InChI is InChI=1S/C30H35NO5/c1-6-18(3)36-30(33)27-19(4)31-23-15-22(20-11-9-8-10-12-20)16-24(32)29(23)28(27)21-13-14-25(35-7-2)26(17-21)34-5/h8-14,17-18,22,28,31H,6-7,15-16H2,1-5H3/t18-,22-,28-/m0/s1. The van der Waals surface area contributed by atoms with Gasteiger partial charge in [0.05, 0.1) is 25.4 Å². The Balaban J connectivity index is 1.82. The second kappa shape index (κ2) is 11.0. The van der Waals surface area contributed by atoms with Crippen molar-refractivity contribution in [3.8, 4) is 11.5 Å². The molecule has 2 aliphatic rings. The summed E-state index contributed by atoms with van der Waals surface area (Å²) >= 11 is 0. The molecule has 6 heteroatoms. The summed E-state index contributed by atoms with van der Waals surface area (Å²) in [5.74, 6) is 0.352. The fourth-order valence-electron chi connectivity index (χ4n) is 5.07. The number of allylic oxidation sites excluding steroid dienone is 3. The fraction of sp³-hybridized carbons (Fsp3) is 0.400. The van der Waals surface area contributed by atoms with E-state index in [-0.39, 0.29) is 17.8 Å². The number of carbonyl (C=O) groups is 2. The molecule has 3 atom stereocenters. The van der Waals surface area contributed by atoms with Crippen LogP contribution in [0.15, 0.2) is 71.1 Å². The molecule has 1 N–H and O–H groups in total. The first-order valence-corrected chi connectivity index (χ1v) is 12.7. The Hall–Kier alpha value is -3.54. The summed E-state index contributed by atoms with van der Waals surface area (Å²) in [6.07, 6.45) is 1.56. The number of esters is 1. The zero-order valence-corrected chi connectivity index (χ0v) is 21.7. The Morgan fingerprint density at radius 3 is 2.47 bits per heavy atom. The molecule has 190 valence electrons. The van der Waals surface area contributed by atoms with Crippen LogP contribution in [0.3, 0.4) is 0 Å². The van der Waals surface area contributed by atoms with Crippen molar-refractivity contribution >= 4 is 11.8 Å². The van der Waals surface area contributed by atoms with Crippen LogP contribution in [0.1, 0.15) is 69.9 Å². The van der Waals surface area contributed by atoms with Gasteiger partial charge in [0.15, 0.2) is 17.3 Å². The van der Waals surface area contributed by atoms with Crippen LogP contribution in [0.4, 0.5) is 0 Å². The van der Waals surface area contributed by atoms with E-state index in [9.17, 15) is 9.59 Å². The van der Waals surface area contributed by atoms with Gasteiger partial charge in [0, 0.05) is 29.3 Å². The van der Waals surface area contributed by atoms with Gasteiger partial charge in [-0.05, 0) is 62.8 Å². The Labute approximate surface area is 213 Å². The average molecular weight is 490 g/mol. The molecular formula is C30H35NO5. The zero-order chi connectivity index (χ0) is 25.8. The number of methoxy groups -OCH3 is 1. The van der Waals surface area contributed by atoms with Gasteiger partial charge in [-0.2, -0.15) is 0 Å². The van der Waals surface area contributed by atoms with Crippen LogP contribution in [0.25, 0.3) is 0 Å². The van der Waals surface area contributed by atoms with E-state index in [4.69, 9.17) is 14.2 Å². The molecule has 2 aromatic carbocycles. The first-order valence-electron chi connectivity index (χ1n) is 12.7. The Kier molecular flexibility index (Phi) is 7.82. The molecule has 0 aromatic heterocycles. The predicted molar refractivity (Wildman–Crippen MR) is 139 cm³/mol. The Morgan fingerprint density at radius 1 is 1.06 bits per heavy atom. The molecule has 2 aromatic rings. The van der Waals surface area contributed by atoms with Crippen LogP contribution in [0, 0.1) is 0 Å². The number of carbonyl (C=O) groups excluding carboxylic acids is 2. The van der Waals surface area contributed by atoms with Crippen molar-refractivity contribution in [1.82, 2.24) is 5.32 Å². The van der Waals surface area contributed by atoms with E-state index in [1.165, 1.54) is 0 Å². The largest absolute Gasteiger partial charge is 0.493 e. The minimum atomic E-state index is -0.549. The molecule has 0 bridgehead atoms. The summed E-state index contributed by atoms with van der Waals surface area (Å²) in [4.78, 5) is 27.2. The molecule has 4 rings (SSSR count). The average Bonchev–Trinajstić information content (AvgIpc) is 2.88. The van der Waals surface area contributed by atoms with Gasteiger partial charge in [0.1, 0.15) is 0 Å². The third-order valence-corrected chi connectivity index (χ3v) is 7.02. The number of hydrogen-bond acceptors (Lipinski definition) is 6. The molecule has 1 aliphatic carbocycles. The van der Waals surface area contributed by atoms with E-state index in [1.807, 2.05) is 64.1 Å². The molecule has 0 unspecified atom stereocenters. The molecule has 0 saturated carbocycles. The van der Waals surface area contributed by atoms with Crippen molar-refractivity contribution in [3.05, 3.63) is 82.2 Å². The summed E-state index contributed by atoms with van der Waals surface area (Å²) in [6, 6.07) is 15.7. The van der Waals surface area contributed by atoms with Gasteiger partial charge in [-0.3, -0.25) is 4.79 Å². The highest BCUT2D eigenvalue weighted by Gasteiger charge is 2.42. The van der Waals surface area contributed by atoms with Gasteiger partial charge in [-0.15, -0.1) is 0 Å². The lowest BCUT2D eigenvalue weighted by molar-refractivity contribution is -0.144. The molecular weight excluding hydrogens is 454 g/mol. The van der Waals surface area contributed by atoms with Crippen molar-refractivity contribution in [2.45, 2.75) is 64.9 Å². The van der Waals surface area contributed by atoms with Crippen LogP contribution >= 0.6 is 0 Å². The van der Waals surface area contributed by atoms with Crippen molar-refractivity contribution < 1.29 is 23.8 Å². The van der Waals surface area contributed by atoms with E-state index in [1.54, 1.807) is 7.11 Å². The molecule has 0 saturated heterocycles. The van der Waals surface area contributed by atoms with Crippen LogP contribution < -0.4 is 14.8 Å². The second-order valence-electron chi connectivity index (χ2n) is 9.40. The third kappa shape index (κ3) is 5.03. The summed E-state index contributed by atoms with van der Waals surface area (Å²) in [5, 5.41) is 3.41. The molecule has 1 aliphatic heterocycles. The maximum atomic E-state index is 13.7. The Morgan fingerprint density at radius 2 is 1.81 bits per heavy atom. The molecule has 0 fully saturated rings. The topological polar surface area (TPSA) is 73.9 Å². The van der Waals surface area contributed by atoms with Gasteiger partial charge in [-0.25, -0.2) is 4.79 Å². The van der Waals surface area contributed by atoms with Gasteiger partial charge < -0.3 is 19.5 Å². The fourth-order valence-corrected chi connectivity index (χ4v) is 5.07. The summed E-state index contributed by atoms with van der Waals surface area (Å²) in [6.45, 7) is 8.15. The number of nitrogens with one attached hydrogen (secondary N) is 1. The van der Waals surface area contributed by atoms with Crippen molar-refractivity contribution in [2.24, 2.45) is 0 Å². The monoisotopic (exact) mass is 489 g/mol. The van der Waals surface area contributed by atoms with Crippen LogP contribution in [0.5, 0.6) is 11.5 Å². The highest BCUT2D eigenvalue weighted by molar-refractivity contribution is 6.04. The van der Waals surface area contributed by atoms with Crippen molar-refractivity contribution in [2.75, 3.05) is 13.7 Å². The molecule has 0 amide bonds. The number of hydrogen-bond donors (Lipinski definition) is 1. The van der Waals surface area contributed by atoms with Crippen LogP contribution in [-0.4, -0.2) is 31.6 Å².